The van der Waals surface area contributed by atoms with E-state index < -0.39 is 0 Å². The van der Waals surface area contributed by atoms with Crippen LogP contribution in [-0.2, 0) is 6.54 Å². The predicted molar refractivity (Wildman–Crippen MR) is 120 cm³/mol. The van der Waals surface area contributed by atoms with Crippen LogP contribution in [0, 0.1) is 0 Å². The third-order valence-corrected chi connectivity index (χ3v) is 5.51. The van der Waals surface area contributed by atoms with Gasteiger partial charge in [-0.2, -0.15) is 0 Å². The lowest BCUT2D eigenvalue weighted by molar-refractivity contribution is 0.103. The molecule has 0 saturated carbocycles. The number of rotatable bonds is 4. The van der Waals surface area contributed by atoms with Gasteiger partial charge in [0.1, 0.15) is 13.2 Å². The Bertz CT molecular complexity index is 1380. The van der Waals surface area contributed by atoms with Gasteiger partial charge in [0, 0.05) is 28.7 Å². The number of aromatic nitrogens is 1. The fourth-order valence-electron chi connectivity index (χ4n) is 3.81. The van der Waals surface area contributed by atoms with Crippen LogP contribution in [0.2, 0.25) is 5.02 Å². The number of pyridine rings is 1. The van der Waals surface area contributed by atoms with Gasteiger partial charge in [-0.15, -0.1) is 0 Å². The monoisotopic (exact) mass is 431 g/mol. The molecule has 0 radical (unpaired) electrons. The van der Waals surface area contributed by atoms with Crippen LogP contribution in [0.1, 0.15) is 21.5 Å². The zero-order chi connectivity index (χ0) is 21.4. The number of ketones is 1. The summed E-state index contributed by atoms with van der Waals surface area (Å²) in [5.74, 6) is 0.754. The smallest absolute Gasteiger partial charge is 0.200 e. The van der Waals surface area contributed by atoms with Crippen LogP contribution in [0.25, 0.3) is 10.9 Å². The number of benzene rings is 3. The highest BCUT2D eigenvalue weighted by Crippen LogP contribution is 2.31. The molecule has 1 aromatic heterocycles. The molecule has 2 heterocycles. The predicted octanol–water partition coefficient (Wildman–Crippen LogP) is 4.71. The summed E-state index contributed by atoms with van der Waals surface area (Å²) in [7, 11) is 0. The van der Waals surface area contributed by atoms with Crippen LogP contribution in [0.5, 0.6) is 11.5 Å². The van der Waals surface area contributed by atoms with Crippen LogP contribution in [0.3, 0.4) is 0 Å². The van der Waals surface area contributed by atoms with Crippen LogP contribution in [-0.4, -0.2) is 23.6 Å². The Morgan fingerprint density at radius 3 is 2.58 bits per heavy atom. The molecule has 0 atom stereocenters. The standard InChI is InChI=1S/C25H18ClNO4/c26-18-5-3-4-16(12-18)14-27-15-20(25(29)19-6-1-2-7-21(19)27)24(28)17-8-9-22-23(13-17)31-11-10-30-22/h1-9,12-13,15H,10-11,14H2. The largest absolute Gasteiger partial charge is 0.486 e. The van der Waals surface area contributed by atoms with Crippen molar-refractivity contribution < 1.29 is 14.3 Å². The summed E-state index contributed by atoms with van der Waals surface area (Å²) in [6.45, 7) is 1.37. The molecule has 154 valence electrons. The SMILES string of the molecule is O=C(c1ccc2c(c1)OCCO2)c1cn(Cc2cccc(Cl)c2)c2ccccc2c1=O. The fourth-order valence-corrected chi connectivity index (χ4v) is 4.02. The molecule has 0 unspecified atom stereocenters. The van der Waals surface area contributed by atoms with E-state index in [1.807, 2.05) is 41.0 Å². The molecule has 0 aliphatic carbocycles. The van der Waals surface area contributed by atoms with Crippen molar-refractivity contribution in [3.63, 3.8) is 0 Å². The van der Waals surface area contributed by atoms with E-state index in [9.17, 15) is 9.59 Å². The Balaban J connectivity index is 1.62. The lowest BCUT2D eigenvalue weighted by Gasteiger charge is -2.19. The Morgan fingerprint density at radius 1 is 0.935 bits per heavy atom. The van der Waals surface area contributed by atoms with Crippen LogP contribution < -0.4 is 14.9 Å². The van der Waals surface area contributed by atoms with E-state index in [-0.39, 0.29) is 16.8 Å². The van der Waals surface area contributed by atoms with Gasteiger partial charge in [-0.3, -0.25) is 9.59 Å². The van der Waals surface area contributed by atoms with E-state index >= 15 is 0 Å². The first-order valence-electron chi connectivity index (χ1n) is 9.91. The number of halogens is 1. The van der Waals surface area contributed by atoms with Crippen molar-refractivity contribution in [3.05, 3.63) is 105 Å². The summed E-state index contributed by atoms with van der Waals surface area (Å²) in [5.41, 5.74) is 1.92. The van der Waals surface area contributed by atoms with Crippen molar-refractivity contribution >= 4 is 28.3 Å². The molecule has 0 amide bonds. The van der Waals surface area contributed by atoms with Crippen molar-refractivity contribution in [2.75, 3.05) is 13.2 Å². The third-order valence-electron chi connectivity index (χ3n) is 5.28. The normalized spacial score (nSPS) is 12.7. The molecule has 5 nitrogen and oxygen atoms in total. The Labute approximate surface area is 183 Å². The summed E-state index contributed by atoms with van der Waals surface area (Å²) in [4.78, 5) is 26.5. The minimum atomic E-state index is -0.354. The Morgan fingerprint density at radius 2 is 1.74 bits per heavy atom. The zero-order valence-electron chi connectivity index (χ0n) is 16.5. The molecule has 1 aliphatic heterocycles. The minimum absolute atomic E-state index is 0.109. The minimum Gasteiger partial charge on any atom is -0.486 e. The maximum atomic E-state index is 13.3. The van der Waals surface area contributed by atoms with Gasteiger partial charge in [0.15, 0.2) is 17.3 Å². The average molecular weight is 432 g/mol. The number of nitrogens with zero attached hydrogens (tertiary/aromatic N) is 1. The number of para-hydroxylation sites is 1. The van der Waals surface area contributed by atoms with Gasteiger partial charge in [0.25, 0.3) is 0 Å². The van der Waals surface area contributed by atoms with Crippen LogP contribution >= 0.6 is 11.6 Å². The van der Waals surface area contributed by atoms with Crippen molar-refractivity contribution in [1.82, 2.24) is 4.57 Å². The second-order valence-corrected chi connectivity index (χ2v) is 7.77. The van der Waals surface area contributed by atoms with Crippen LogP contribution in [0.15, 0.2) is 77.7 Å². The summed E-state index contributed by atoms with van der Waals surface area (Å²) in [6, 6.07) is 19.8. The maximum Gasteiger partial charge on any atom is 0.200 e. The second-order valence-electron chi connectivity index (χ2n) is 7.33. The van der Waals surface area contributed by atoms with Gasteiger partial charge in [0.2, 0.25) is 5.43 Å². The Kier molecular flexibility index (Phi) is 4.96. The maximum absolute atomic E-state index is 13.3. The molecule has 0 bridgehead atoms. The molecule has 5 rings (SSSR count). The average Bonchev–Trinajstić information content (AvgIpc) is 2.80. The van der Waals surface area contributed by atoms with E-state index in [4.69, 9.17) is 21.1 Å². The molecular formula is C25H18ClNO4. The van der Waals surface area contributed by atoms with E-state index in [1.165, 1.54) is 0 Å². The molecule has 1 aliphatic rings. The molecule has 6 heteroatoms. The Hall–Kier alpha value is -3.57. The number of carbonyl (C=O) groups excluding carboxylic acids is 1. The van der Waals surface area contributed by atoms with Crippen molar-refractivity contribution in [2.24, 2.45) is 0 Å². The van der Waals surface area contributed by atoms with Gasteiger partial charge >= 0.3 is 0 Å². The highest BCUT2D eigenvalue weighted by Gasteiger charge is 2.20. The first-order chi connectivity index (χ1) is 15.1. The van der Waals surface area contributed by atoms with Gasteiger partial charge < -0.3 is 14.0 Å². The summed E-state index contributed by atoms with van der Waals surface area (Å²) in [6.07, 6.45) is 1.63. The van der Waals surface area contributed by atoms with Crippen molar-refractivity contribution in [1.29, 1.82) is 0 Å². The van der Waals surface area contributed by atoms with E-state index in [0.717, 1.165) is 11.1 Å². The van der Waals surface area contributed by atoms with Crippen molar-refractivity contribution in [3.8, 4) is 11.5 Å². The molecule has 0 spiro atoms. The number of hydrogen-bond donors (Lipinski definition) is 0. The summed E-state index contributed by atoms with van der Waals surface area (Å²) >= 11 is 6.14. The first-order valence-corrected chi connectivity index (χ1v) is 10.3. The van der Waals surface area contributed by atoms with Gasteiger partial charge in [0.05, 0.1) is 11.1 Å². The van der Waals surface area contributed by atoms with Crippen molar-refractivity contribution in [2.45, 2.75) is 6.54 Å². The molecule has 0 saturated heterocycles. The number of fused-ring (bicyclic) bond motifs is 2. The van der Waals surface area contributed by atoms with Crippen LogP contribution in [0.4, 0.5) is 0 Å². The number of hydrogen-bond acceptors (Lipinski definition) is 4. The highest BCUT2D eigenvalue weighted by molar-refractivity contribution is 6.30. The molecular weight excluding hydrogens is 414 g/mol. The van der Waals surface area contributed by atoms with E-state index in [0.29, 0.717) is 47.2 Å². The lowest BCUT2D eigenvalue weighted by atomic mass is 10.0. The number of carbonyl (C=O) groups is 1. The highest BCUT2D eigenvalue weighted by atomic mass is 35.5. The summed E-state index contributed by atoms with van der Waals surface area (Å²) < 4.78 is 13.0. The van der Waals surface area contributed by atoms with E-state index in [2.05, 4.69) is 0 Å². The number of ether oxygens (including phenoxy) is 2. The first kappa shape index (κ1) is 19.4. The van der Waals surface area contributed by atoms with Gasteiger partial charge in [-0.1, -0.05) is 35.9 Å². The van der Waals surface area contributed by atoms with E-state index in [1.54, 1.807) is 36.5 Å². The topological polar surface area (TPSA) is 57.5 Å². The molecule has 0 fully saturated rings. The molecule has 31 heavy (non-hydrogen) atoms. The summed E-state index contributed by atoms with van der Waals surface area (Å²) in [5, 5.41) is 1.13. The van der Waals surface area contributed by atoms with Gasteiger partial charge in [-0.05, 0) is 48.0 Å². The lowest BCUT2D eigenvalue weighted by Crippen LogP contribution is -2.21. The zero-order valence-corrected chi connectivity index (χ0v) is 17.3. The second kappa shape index (κ2) is 7.93. The van der Waals surface area contributed by atoms with Gasteiger partial charge in [-0.25, -0.2) is 0 Å². The molecule has 0 N–H and O–H groups in total. The fraction of sp³-hybridized carbons (Fsp3) is 0.120. The quantitative estimate of drug-likeness (QED) is 0.439. The third kappa shape index (κ3) is 3.68. The molecule has 4 aromatic rings. The molecule has 3 aromatic carbocycles.